The average molecular weight is 204 g/mol. The number of nitrogen functional groups attached to an aromatic ring is 1. The third-order valence-electron chi connectivity index (χ3n) is 2.68. The summed E-state index contributed by atoms with van der Waals surface area (Å²) < 4.78 is 2.10. The Labute approximate surface area is 89.1 Å². The van der Waals surface area contributed by atoms with E-state index in [0.717, 1.165) is 18.5 Å². The van der Waals surface area contributed by atoms with E-state index in [0.29, 0.717) is 0 Å². The number of nitrogens with two attached hydrogens (primary N) is 1. The molecular formula is C12H16N2O. The molecule has 0 unspecified atom stereocenters. The first-order valence-corrected chi connectivity index (χ1v) is 5.16. The molecule has 0 aliphatic heterocycles. The standard InChI is InChI=1S/C12H16N2O/c1-14-5-4-10-8-11(13)7-9(12(10)14)3-2-6-15/h4-5,7-8,15H,2-3,6,13H2,1H3. The van der Waals surface area contributed by atoms with Gasteiger partial charge in [0.1, 0.15) is 0 Å². The molecule has 80 valence electrons. The highest BCUT2D eigenvalue weighted by Gasteiger charge is 2.05. The second kappa shape index (κ2) is 3.95. The number of hydrogen-bond acceptors (Lipinski definition) is 2. The van der Waals surface area contributed by atoms with Gasteiger partial charge in [0, 0.05) is 30.9 Å². The first-order valence-electron chi connectivity index (χ1n) is 5.16. The zero-order chi connectivity index (χ0) is 10.8. The van der Waals surface area contributed by atoms with Gasteiger partial charge in [0.05, 0.1) is 5.52 Å². The van der Waals surface area contributed by atoms with Crippen LogP contribution in [0.3, 0.4) is 0 Å². The van der Waals surface area contributed by atoms with Crippen molar-refractivity contribution in [1.82, 2.24) is 4.57 Å². The van der Waals surface area contributed by atoms with Gasteiger partial charge in [-0.2, -0.15) is 0 Å². The molecule has 3 nitrogen and oxygen atoms in total. The number of aryl methyl sites for hydroxylation is 2. The number of benzene rings is 1. The number of aliphatic hydroxyl groups is 1. The van der Waals surface area contributed by atoms with Gasteiger partial charge in [0.2, 0.25) is 0 Å². The molecule has 1 heterocycles. The summed E-state index contributed by atoms with van der Waals surface area (Å²) in [4.78, 5) is 0. The lowest BCUT2D eigenvalue weighted by Crippen LogP contribution is -1.96. The van der Waals surface area contributed by atoms with E-state index >= 15 is 0 Å². The third kappa shape index (κ3) is 1.83. The minimum absolute atomic E-state index is 0.223. The van der Waals surface area contributed by atoms with Crippen LogP contribution in [0.4, 0.5) is 5.69 Å². The molecule has 2 aromatic rings. The van der Waals surface area contributed by atoms with E-state index in [4.69, 9.17) is 10.8 Å². The first-order chi connectivity index (χ1) is 7.22. The molecule has 2 rings (SSSR count). The SMILES string of the molecule is Cn1ccc2cc(N)cc(CCCO)c21. The summed E-state index contributed by atoms with van der Waals surface area (Å²) in [6.07, 6.45) is 3.69. The minimum Gasteiger partial charge on any atom is -0.399 e. The van der Waals surface area contributed by atoms with Crippen LogP contribution < -0.4 is 5.73 Å². The topological polar surface area (TPSA) is 51.2 Å². The number of fused-ring (bicyclic) bond motifs is 1. The van der Waals surface area contributed by atoms with E-state index in [2.05, 4.69) is 10.6 Å². The smallest absolute Gasteiger partial charge is 0.0511 e. The monoisotopic (exact) mass is 204 g/mol. The fourth-order valence-corrected chi connectivity index (χ4v) is 2.03. The van der Waals surface area contributed by atoms with Crippen molar-refractivity contribution in [2.45, 2.75) is 12.8 Å². The quantitative estimate of drug-likeness (QED) is 0.747. The molecule has 0 saturated carbocycles. The van der Waals surface area contributed by atoms with E-state index in [1.807, 2.05) is 25.4 Å². The van der Waals surface area contributed by atoms with Crippen molar-refractivity contribution < 1.29 is 5.11 Å². The highest BCUT2D eigenvalue weighted by atomic mass is 16.2. The number of hydrogen-bond donors (Lipinski definition) is 2. The van der Waals surface area contributed by atoms with E-state index in [1.54, 1.807) is 0 Å². The summed E-state index contributed by atoms with van der Waals surface area (Å²) in [5, 5.41) is 10.0. The van der Waals surface area contributed by atoms with Gasteiger partial charge in [-0.15, -0.1) is 0 Å². The fourth-order valence-electron chi connectivity index (χ4n) is 2.03. The van der Waals surface area contributed by atoms with Gasteiger partial charge < -0.3 is 15.4 Å². The molecule has 0 spiro atoms. The number of anilines is 1. The van der Waals surface area contributed by atoms with E-state index in [9.17, 15) is 0 Å². The normalized spacial score (nSPS) is 11.1. The van der Waals surface area contributed by atoms with Gasteiger partial charge in [0.25, 0.3) is 0 Å². The first kappa shape index (κ1) is 10.1. The lowest BCUT2D eigenvalue weighted by Gasteiger charge is -2.07. The van der Waals surface area contributed by atoms with Gasteiger partial charge in [0.15, 0.2) is 0 Å². The van der Waals surface area contributed by atoms with Gasteiger partial charge in [-0.05, 0) is 36.6 Å². The maximum atomic E-state index is 8.85. The number of aliphatic hydroxyl groups excluding tert-OH is 1. The lowest BCUT2D eigenvalue weighted by molar-refractivity contribution is 0.288. The van der Waals surface area contributed by atoms with Gasteiger partial charge in [-0.1, -0.05) is 0 Å². The Balaban J connectivity index is 2.53. The largest absolute Gasteiger partial charge is 0.399 e. The molecule has 0 aliphatic rings. The molecule has 1 aromatic carbocycles. The van der Waals surface area contributed by atoms with Crippen LogP contribution in [0.2, 0.25) is 0 Å². The molecule has 3 N–H and O–H groups in total. The Morgan fingerprint density at radius 2 is 2.20 bits per heavy atom. The van der Waals surface area contributed by atoms with Crippen LogP contribution >= 0.6 is 0 Å². The molecule has 15 heavy (non-hydrogen) atoms. The number of aromatic nitrogens is 1. The van der Waals surface area contributed by atoms with Crippen molar-refractivity contribution in [2.75, 3.05) is 12.3 Å². The molecule has 0 saturated heterocycles. The Kier molecular flexibility index (Phi) is 2.64. The molecule has 0 fully saturated rings. The minimum atomic E-state index is 0.223. The fraction of sp³-hybridized carbons (Fsp3) is 0.333. The Hall–Kier alpha value is -1.48. The van der Waals surface area contributed by atoms with Gasteiger partial charge in [-0.25, -0.2) is 0 Å². The highest BCUT2D eigenvalue weighted by molar-refractivity contribution is 5.86. The maximum Gasteiger partial charge on any atom is 0.0511 e. The zero-order valence-electron chi connectivity index (χ0n) is 8.90. The van der Waals surface area contributed by atoms with Crippen LogP contribution in [-0.4, -0.2) is 16.3 Å². The van der Waals surface area contributed by atoms with Crippen molar-refractivity contribution >= 4 is 16.6 Å². The number of rotatable bonds is 3. The maximum absolute atomic E-state index is 8.85. The molecule has 1 aromatic heterocycles. The zero-order valence-corrected chi connectivity index (χ0v) is 8.90. The molecule has 3 heteroatoms. The van der Waals surface area contributed by atoms with Crippen molar-refractivity contribution in [3.63, 3.8) is 0 Å². The van der Waals surface area contributed by atoms with Gasteiger partial charge >= 0.3 is 0 Å². The van der Waals surface area contributed by atoms with Crippen LogP contribution in [0, 0.1) is 0 Å². The second-order valence-corrected chi connectivity index (χ2v) is 3.87. The summed E-state index contributed by atoms with van der Waals surface area (Å²) in [6.45, 7) is 0.223. The Morgan fingerprint density at radius 3 is 2.93 bits per heavy atom. The summed E-state index contributed by atoms with van der Waals surface area (Å²) in [5.74, 6) is 0. The molecule has 0 atom stereocenters. The highest BCUT2D eigenvalue weighted by Crippen LogP contribution is 2.24. The number of nitrogens with zero attached hydrogens (tertiary/aromatic N) is 1. The van der Waals surface area contributed by atoms with Crippen LogP contribution in [0.25, 0.3) is 10.9 Å². The summed E-state index contributed by atoms with van der Waals surface area (Å²) in [6, 6.07) is 6.05. The molecule has 0 bridgehead atoms. The Morgan fingerprint density at radius 1 is 1.40 bits per heavy atom. The van der Waals surface area contributed by atoms with Crippen LogP contribution in [0.5, 0.6) is 0 Å². The average Bonchev–Trinajstić information content (AvgIpc) is 2.56. The predicted molar refractivity (Wildman–Crippen MR) is 62.7 cm³/mol. The second-order valence-electron chi connectivity index (χ2n) is 3.87. The third-order valence-corrected chi connectivity index (χ3v) is 2.68. The summed E-state index contributed by atoms with van der Waals surface area (Å²) >= 11 is 0. The van der Waals surface area contributed by atoms with Crippen molar-refractivity contribution in [2.24, 2.45) is 7.05 Å². The molecule has 0 radical (unpaired) electrons. The van der Waals surface area contributed by atoms with E-state index < -0.39 is 0 Å². The van der Waals surface area contributed by atoms with Crippen LogP contribution in [0.15, 0.2) is 24.4 Å². The van der Waals surface area contributed by atoms with Crippen LogP contribution in [0.1, 0.15) is 12.0 Å². The summed E-state index contributed by atoms with van der Waals surface area (Å²) in [7, 11) is 2.03. The van der Waals surface area contributed by atoms with Crippen molar-refractivity contribution in [3.05, 3.63) is 30.0 Å². The Bertz CT molecular complexity index is 474. The van der Waals surface area contributed by atoms with Crippen molar-refractivity contribution in [3.8, 4) is 0 Å². The predicted octanol–water partition coefficient (Wildman–Crippen LogP) is 1.69. The van der Waals surface area contributed by atoms with E-state index in [-0.39, 0.29) is 6.61 Å². The summed E-state index contributed by atoms with van der Waals surface area (Å²) in [5.41, 5.74) is 9.06. The van der Waals surface area contributed by atoms with Gasteiger partial charge in [-0.3, -0.25) is 0 Å². The van der Waals surface area contributed by atoms with Crippen molar-refractivity contribution in [1.29, 1.82) is 0 Å². The molecule has 0 amide bonds. The molecule has 0 aliphatic carbocycles. The molecular weight excluding hydrogens is 188 g/mol. The van der Waals surface area contributed by atoms with Crippen LogP contribution in [-0.2, 0) is 13.5 Å². The van der Waals surface area contributed by atoms with E-state index in [1.165, 1.54) is 16.5 Å². The lowest BCUT2D eigenvalue weighted by atomic mass is 10.1.